The van der Waals surface area contributed by atoms with Crippen molar-refractivity contribution in [3.8, 4) is 0 Å². The van der Waals surface area contributed by atoms with Gasteiger partial charge < -0.3 is 15.2 Å². The maximum absolute atomic E-state index is 11.7. The number of aryl methyl sites for hydroxylation is 1. The summed E-state index contributed by atoms with van der Waals surface area (Å²) in [5.74, 6) is -0.866. The molecule has 1 aliphatic rings. The number of esters is 1. The van der Waals surface area contributed by atoms with Gasteiger partial charge in [0.25, 0.3) is 5.91 Å². The number of piperidine rings is 1. The first kappa shape index (κ1) is 13.5. The molecule has 2 N–H and O–H groups in total. The van der Waals surface area contributed by atoms with Crippen molar-refractivity contribution in [3.63, 3.8) is 0 Å². The third kappa shape index (κ3) is 3.79. The summed E-state index contributed by atoms with van der Waals surface area (Å²) in [6, 6.07) is 9.62. The fourth-order valence-corrected chi connectivity index (χ4v) is 2.01. The van der Waals surface area contributed by atoms with E-state index in [9.17, 15) is 14.7 Å². The molecule has 0 bridgehead atoms. The van der Waals surface area contributed by atoms with E-state index in [1.165, 1.54) is 0 Å². The Bertz CT molecular complexity index is 446. The normalized spacial score (nSPS) is 22.7. The first-order valence-electron chi connectivity index (χ1n) is 6.36. The Balaban J connectivity index is 1.79. The standard InChI is InChI=1S/C14H17NO4/c16-12(7-6-10-4-2-1-3-5-10)19-11-8-9-15-14(18)13(11)17/h1-5,11,13,17H,6-9H2,(H,15,18)/t11-,13+/m1/s1. The van der Waals surface area contributed by atoms with Crippen LogP contribution in [0.5, 0.6) is 0 Å². The molecule has 1 heterocycles. The van der Waals surface area contributed by atoms with Gasteiger partial charge in [-0.15, -0.1) is 0 Å². The molecule has 0 spiro atoms. The minimum Gasteiger partial charge on any atom is -0.459 e. The van der Waals surface area contributed by atoms with Crippen LogP contribution in [-0.2, 0) is 20.7 Å². The van der Waals surface area contributed by atoms with Crippen LogP contribution in [0.3, 0.4) is 0 Å². The lowest BCUT2D eigenvalue weighted by Gasteiger charge is -2.27. The second-order valence-corrected chi connectivity index (χ2v) is 4.54. The number of hydrogen-bond donors (Lipinski definition) is 2. The van der Waals surface area contributed by atoms with Gasteiger partial charge >= 0.3 is 5.97 Å². The average molecular weight is 263 g/mol. The van der Waals surface area contributed by atoms with Crippen molar-refractivity contribution < 1.29 is 19.4 Å². The van der Waals surface area contributed by atoms with E-state index >= 15 is 0 Å². The van der Waals surface area contributed by atoms with E-state index in [2.05, 4.69) is 5.32 Å². The van der Waals surface area contributed by atoms with E-state index in [1.807, 2.05) is 30.3 Å². The zero-order valence-corrected chi connectivity index (χ0v) is 10.5. The van der Waals surface area contributed by atoms with E-state index in [-0.39, 0.29) is 12.4 Å². The molecular weight excluding hydrogens is 246 g/mol. The van der Waals surface area contributed by atoms with Gasteiger partial charge in [-0.05, 0) is 12.0 Å². The molecule has 1 aromatic rings. The quantitative estimate of drug-likeness (QED) is 0.772. The fraction of sp³-hybridized carbons (Fsp3) is 0.429. The number of benzene rings is 1. The lowest BCUT2D eigenvalue weighted by atomic mass is 10.1. The highest BCUT2D eigenvalue weighted by Gasteiger charge is 2.32. The predicted octanol–water partition coefficient (Wildman–Crippen LogP) is 0.412. The van der Waals surface area contributed by atoms with Gasteiger partial charge in [0, 0.05) is 19.4 Å². The number of hydrogen-bond acceptors (Lipinski definition) is 4. The fourth-order valence-electron chi connectivity index (χ4n) is 2.01. The molecule has 0 saturated carbocycles. The number of rotatable bonds is 4. The molecule has 102 valence electrons. The molecule has 0 aliphatic carbocycles. The van der Waals surface area contributed by atoms with E-state index in [0.29, 0.717) is 19.4 Å². The monoisotopic (exact) mass is 263 g/mol. The molecule has 1 fully saturated rings. The minimum absolute atomic E-state index is 0.245. The summed E-state index contributed by atoms with van der Waals surface area (Å²) in [6.07, 6.45) is -0.695. The molecule has 1 aromatic carbocycles. The van der Waals surface area contributed by atoms with Crippen LogP contribution < -0.4 is 5.32 Å². The molecule has 1 amide bonds. The Labute approximate surface area is 111 Å². The van der Waals surface area contributed by atoms with Crippen molar-refractivity contribution in [1.82, 2.24) is 5.32 Å². The molecule has 2 atom stereocenters. The van der Waals surface area contributed by atoms with Crippen molar-refractivity contribution in [2.24, 2.45) is 0 Å². The van der Waals surface area contributed by atoms with Gasteiger partial charge in [-0.3, -0.25) is 9.59 Å². The maximum atomic E-state index is 11.7. The topological polar surface area (TPSA) is 75.6 Å². The minimum atomic E-state index is -1.26. The highest BCUT2D eigenvalue weighted by Crippen LogP contribution is 2.11. The maximum Gasteiger partial charge on any atom is 0.306 e. The Morgan fingerprint density at radius 1 is 1.37 bits per heavy atom. The zero-order chi connectivity index (χ0) is 13.7. The number of aliphatic hydroxyl groups excluding tert-OH is 1. The van der Waals surface area contributed by atoms with Crippen molar-refractivity contribution >= 4 is 11.9 Å². The number of carbonyl (C=O) groups is 2. The molecule has 0 aromatic heterocycles. The van der Waals surface area contributed by atoms with Gasteiger partial charge in [0.1, 0.15) is 6.10 Å². The summed E-state index contributed by atoms with van der Waals surface area (Å²) < 4.78 is 5.15. The van der Waals surface area contributed by atoms with Crippen LogP contribution >= 0.6 is 0 Å². The molecule has 0 unspecified atom stereocenters. The summed E-state index contributed by atoms with van der Waals surface area (Å²) >= 11 is 0. The van der Waals surface area contributed by atoms with Gasteiger partial charge in [0.2, 0.25) is 0 Å². The lowest BCUT2D eigenvalue weighted by molar-refractivity contribution is -0.161. The van der Waals surface area contributed by atoms with Gasteiger partial charge in [-0.1, -0.05) is 30.3 Å². The third-order valence-corrected chi connectivity index (χ3v) is 3.09. The van der Waals surface area contributed by atoms with E-state index in [0.717, 1.165) is 5.56 Å². The molecule has 2 rings (SSSR count). The third-order valence-electron chi connectivity index (χ3n) is 3.09. The summed E-state index contributed by atoms with van der Waals surface area (Å²) in [5, 5.41) is 12.1. The predicted molar refractivity (Wildman–Crippen MR) is 68.3 cm³/mol. The average Bonchev–Trinajstić information content (AvgIpc) is 2.43. The summed E-state index contributed by atoms with van der Waals surface area (Å²) in [7, 11) is 0. The van der Waals surface area contributed by atoms with Crippen molar-refractivity contribution in [1.29, 1.82) is 0 Å². The molecule has 1 aliphatic heterocycles. The van der Waals surface area contributed by atoms with Crippen LogP contribution in [0.2, 0.25) is 0 Å². The summed E-state index contributed by atoms with van der Waals surface area (Å²) in [4.78, 5) is 22.9. The van der Waals surface area contributed by atoms with Crippen LogP contribution in [0, 0.1) is 0 Å². The van der Waals surface area contributed by atoms with Crippen LogP contribution in [0.4, 0.5) is 0 Å². The highest BCUT2D eigenvalue weighted by atomic mass is 16.6. The van der Waals surface area contributed by atoms with E-state index < -0.39 is 18.1 Å². The van der Waals surface area contributed by atoms with E-state index in [1.54, 1.807) is 0 Å². The molecule has 5 heteroatoms. The largest absolute Gasteiger partial charge is 0.459 e. The first-order valence-corrected chi connectivity index (χ1v) is 6.36. The van der Waals surface area contributed by atoms with Crippen LogP contribution in [0.15, 0.2) is 30.3 Å². The Kier molecular flexibility index (Phi) is 4.52. The number of amides is 1. The molecular formula is C14H17NO4. The van der Waals surface area contributed by atoms with Crippen molar-refractivity contribution in [3.05, 3.63) is 35.9 Å². The van der Waals surface area contributed by atoms with Crippen LogP contribution in [0.1, 0.15) is 18.4 Å². The second kappa shape index (κ2) is 6.33. The van der Waals surface area contributed by atoms with Crippen molar-refractivity contribution in [2.75, 3.05) is 6.54 Å². The van der Waals surface area contributed by atoms with Crippen molar-refractivity contribution in [2.45, 2.75) is 31.5 Å². The Hall–Kier alpha value is -1.88. The first-order chi connectivity index (χ1) is 9.16. The number of nitrogens with one attached hydrogen (secondary N) is 1. The lowest BCUT2D eigenvalue weighted by Crippen LogP contribution is -2.50. The van der Waals surface area contributed by atoms with E-state index in [4.69, 9.17) is 4.74 Å². The second-order valence-electron chi connectivity index (χ2n) is 4.54. The molecule has 5 nitrogen and oxygen atoms in total. The van der Waals surface area contributed by atoms with Crippen LogP contribution in [-0.4, -0.2) is 35.7 Å². The van der Waals surface area contributed by atoms with Gasteiger partial charge in [-0.25, -0.2) is 0 Å². The Morgan fingerprint density at radius 3 is 2.84 bits per heavy atom. The van der Waals surface area contributed by atoms with Gasteiger partial charge in [0.05, 0.1) is 0 Å². The van der Waals surface area contributed by atoms with Crippen LogP contribution in [0.25, 0.3) is 0 Å². The molecule has 0 radical (unpaired) electrons. The highest BCUT2D eigenvalue weighted by molar-refractivity contribution is 5.82. The summed E-state index contributed by atoms with van der Waals surface area (Å²) in [5.41, 5.74) is 1.06. The number of ether oxygens (including phenoxy) is 1. The van der Waals surface area contributed by atoms with Gasteiger partial charge in [-0.2, -0.15) is 0 Å². The molecule has 19 heavy (non-hydrogen) atoms. The summed E-state index contributed by atoms with van der Waals surface area (Å²) in [6.45, 7) is 0.423. The smallest absolute Gasteiger partial charge is 0.306 e. The number of carbonyl (C=O) groups excluding carboxylic acids is 2. The zero-order valence-electron chi connectivity index (χ0n) is 10.5. The SMILES string of the molecule is O=C(CCc1ccccc1)O[C@@H]1CCNC(=O)[C@H]1O. The Morgan fingerprint density at radius 2 is 2.11 bits per heavy atom. The number of aliphatic hydroxyl groups is 1. The molecule has 1 saturated heterocycles. The van der Waals surface area contributed by atoms with Gasteiger partial charge in [0.15, 0.2) is 6.10 Å².